The summed E-state index contributed by atoms with van der Waals surface area (Å²) < 4.78 is 0. The molecule has 0 aromatic carbocycles. The van der Waals surface area contributed by atoms with Crippen LogP contribution < -0.4 is 0 Å². The maximum atomic E-state index is 10.3. The maximum Gasteiger partial charge on any atom is 0.321 e. The summed E-state index contributed by atoms with van der Waals surface area (Å²) in [4.78, 5) is 30.5. The first-order valence-corrected chi connectivity index (χ1v) is 2.41. The maximum absolute atomic E-state index is 10.3. The van der Waals surface area contributed by atoms with Crippen LogP contribution in [0.25, 0.3) is 0 Å². The molecular formula is C5H4O4. The molecule has 1 N–H and O–H groups in total. The molecule has 48 valence electrons. The van der Waals surface area contributed by atoms with Gasteiger partial charge in [0.1, 0.15) is 0 Å². The molecule has 1 aliphatic carbocycles. The van der Waals surface area contributed by atoms with Crippen molar-refractivity contribution < 1.29 is 19.5 Å². The molecule has 0 unspecified atom stereocenters. The van der Waals surface area contributed by atoms with Crippen LogP contribution in [0.1, 0.15) is 6.42 Å². The van der Waals surface area contributed by atoms with Gasteiger partial charge in [-0.3, -0.25) is 14.4 Å². The highest BCUT2D eigenvalue weighted by Crippen LogP contribution is 2.17. The molecule has 0 bridgehead atoms. The molecule has 9 heavy (non-hydrogen) atoms. The average Bonchev–Trinajstić information content (AvgIpc) is 1.62. The van der Waals surface area contributed by atoms with Crippen LogP contribution in [-0.2, 0) is 14.4 Å². The van der Waals surface area contributed by atoms with Crippen LogP contribution in [0.5, 0.6) is 0 Å². The van der Waals surface area contributed by atoms with Gasteiger partial charge in [0.2, 0.25) is 0 Å². The number of carbonyl (C=O) groups is 3. The zero-order valence-electron chi connectivity index (χ0n) is 4.46. The molecule has 0 aromatic rings. The van der Waals surface area contributed by atoms with Crippen LogP contribution in [0.15, 0.2) is 0 Å². The van der Waals surface area contributed by atoms with Gasteiger partial charge in [-0.2, -0.15) is 0 Å². The highest BCUT2D eigenvalue weighted by Gasteiger charge is 2.43. The second-order valence-corrected chi connectivity index (χ2v) is 1.88. The van der Waals surface area contributed by atoms with Crippen molar-refractivity contribution in [1.29, 1.82) is 0 Å². The van der Waals surface area contributed by atoms with E-state index in [-0.39, 0.29) is 6.42 Å². The van der Waals surface area contributed by atoms with Crippen LogP contribution >= 0.6 is 0 Å². The number of carboxylic acids is 1. The molecule has 4 nitrogen and oxygen atoms in total. The van der Waals surface area contributed by atoms with Crippen LogP contribution in [0, 0.1) is 5.92 Å². The Balaban J connectivity index is 2.70. The average molecular weight is 128 g/mol. The first-order valence-electron chi connectivity index (χ1n) is 2.41. The summed E-state index contributed by atoms with van der Waals surface area (Å²) in [6.07, 6.45) is -0.197. The van der Waals surface area contributed by atoms with E-state index in [2.05, 4.69) is 0 Å². The van der Waals surface area contributed by atoms with E-state index in [4.69, 9.17) is 5.11 Å². The molecule has 1 saturated carbocycles. The number of hydrogen-bond donors (Lipinski definition) is 1. The van der Waals surface area contributed by atoms with E-state index in [1.54, 1.807) is 0 Å². The predicted octanol–water partition coefficient (Wildman–Crippen LogP) is -0.771. The van der Waals surface area contributed by atoms with Crippen LogP contribution in [0.3, 0.4) is 0 Å². The quantitative estimate of drug-likeness (QED) is 0.470. The number of carboxylic acid groups (broad SMARTS) is 1. The lowest BCUT2D eigenvalue weighted by molar-refractivity contribution is -0.156. The largest absolute Gasteiger partial charge is 0.480 e. The van der Waals surface area contributed by atoms with E-state index in [0.717, 1.165) is 0 Å². The Kier molecular flexibility index (Phi) is 1.09. The predicted molar refractivity (Wildman–Crippen MR) is 25.8 cm³/mol. The van der Waals surface area contributed by atoms with Gasteiger partial charge >= 0.3 is 5.97 Å². The summed E-state index contributed by atoms with van der Waals surface area (Å²) in [5.41, 5.74) is 0. The first-order chi connectivity index (χ1) is 4.13. The van der Waals surface area contributed by atoms with Gasteiger partial charge in [-0.15, -0.1) is 0 Å². The molecule has 0 atom stereocenters. The standard InChI is InChI=1S/C5H4O4/c6-2-1-3(7)4(2)5(8)9/h4H,1H2,(H,8,9). The SMILES string of the molecule is O=C(O)C1C(=O)CC1=O. The zero-order valence-corrected chi connectivity index (χ0v) is 4.46. The molecule has 1 aliphatic rings. The van der Waals surface area contributed by atoms with Gasteiger partial charge in [-0.1, -0.05) is 0 Å². The van der Waals surface area contributed by atoms with Gasteiger partial charge in [0.05, 0.1) is 6.42 Å². The molecule has 0 aliphatic heterocycles. The van der Waals surface area contributed by atoms with Crippen molar-refractivity contribution in [2.24, 2.45) is 5.92 Å². The number of aliphatic carboxylic acids is 1. The fourth-order valence-electron chi connectivity index (χ4n) is 0.700. The van der Waals surface area contributed by atoms with E-state index >= 15 is 0 Å². The van der Waals surface area contributed by atoms with Gasteiger partial charge in [0.15, 0.2) is 17.5 Å². The number of Topliss-reactive ketones (excluding diaryl/α,β-unsaturated/α-hetero) is 2. The summed E-state index contributed by atoms with van der Waals surface area (Å²) >= 11 is 0. The lowest BCUT2D eigenvalue weighted by Crippen LogP contribution is -2.42. The molecular weight excluding hydrogens is 124 g/mol. The van der Waals surface area contributed by atoms with Crippen LogP contribution in [0.2, 0.25) is 0 Å². The fourth-order valence-corrected chi connectivity index (χ4v) is 0.700. The van der Waals surface area contributed by atoms with Gasteiger partial charge in [-0.25, -0.2) is 0 Å². The van der Waals surface area contributed by atoms with Crippen LogP contribution in [0.4, 0.5) is 0 Å². The third kappa shape index (κ3) is 0.718. The van der Waals surface area contributed by atoms with Crippen molar-refractivity contribution in [2.45, 2.75) is 6.42 Å². The number of hydrogen-bond acceptors (Lipinski definition) is 3. The Morgan fingerprint density at radius 2 is 1.89 bits per heavy atom. The van der Waals surface area contributed by atoms with Crippen molar-refractivity contribution in [1.82, 2.24) is 0 Å². The van der Waals surface area contributed by atoms with Gasteiger partial charge in [0, 0.05) is 0 Å². The molecule has 0 aromatic heterocycles. The van der Waals surface area contributed by atoms with Gasteiger partial charge < -0.3 is 5.11 Å². The summed E-state index contributed by atoms with van der Waals surface area (Å²) in [7, 11) is 0. The zero-order chi connectivity index (χ0) is 7.02. The van der Waals surface area contributed by atoms with Crippen molar-refractivity contribution in [3.05, 3.63) is 0 Å². The summed E-state index contributed by atoms with van der Waals surface area (Å²) in [5, 5.41) is 8.13. The Morgan fingerprint density at radius 3 is 2.00 bits per heavy atom. The minimum Gasteiger partial charge on any atom is -0.480 e. The monoisotopic (exact) mass is 128 g/mol. The normalized spacial score (nSPS) is 19.6. The minimum atomic E-state index is -1.34. The van der Waals surface area contributed by atoms with Gasteiger partial charge in [0.25, 0.3) is 0 Å². The lowest BCUT2D eigenvalue weighted by Gasteiger charge is -2.16. The molecule has 0 saturated heterocycles. The van der Waals surface area contributed by atoms with Crippen molar-refractivity contribution in [3.63, 3.8) is 0 Å². The Morgan fingerprint density at radius 1 is 1.44 bits per heavy atom. The van der Waals surface area contributed by atoms with E-state index < -0.39 is 23.5 Å². The summed E-state index contributed by atoms with van der Waals surface area (Å²) in [6, 6.07) is 0. The highest BCUT2D eigenvalue weighted by molar-refractivity contribution is 6.30. The Labute approximate surface area is 50.5 Å². The molecule has 0 heterocycles. The Bertz CT molecular complexity index is 168. The lowest BCUT2D eigenvalue weighted by atomic mass is 9.82. The Hall–Kier alpha value is -1.19. The van der Waals surface area contributed by atoms with Gasteiger partial charge in [-0.05, 0) is 0 Å². The van der Waals surface area contributed by atoms with Crippen molar-refractivity contribution >= 4 is 17.5 Å². The summed E-state index contributed by atoms with van der Waals surface area (Å²) in [6.45, 7) is 0. The summed E-state index contributed by atoms with van der Waals surface area (Å²) in [5.74, 6) is -3.62. The first kappa shape index (κ1) is 5.94. The molecule has 0 amide bonds. The minimum absolute atomic E-state index is 0.197. The molecule has 0 spiro atoms. The van der Waals surface area contributed by atoms with Crippen molar-refractivity contribution in [2.75, 3.05) is 0 Å². The van der Waals surface area contributed by atoms with E-state index in [1.807, 2.05) is 0 Å². The van der Waals surface area contributed by atoms with Crippen molar-refractivity contribution in [3.8, 4) is 0 Å². The third-order valence-corrected chi connectivity index (χ3v) is 1.24. The second-order valence-electron chi connectivity index (χ2n) is 1.88. The van der Waals surface area contributed by atoms with Crippen LogP contribution in [-0.4, -0.2) is 22.6 Å². The van der Waals surface area contributed by atoms with E-state index in [0.29, 0.717) is 0 Å². The second kappa shape index (κ2) is 1.65. The number of ketones is 2. The molecule has 1 rings (SSSR count). The topological polar surface area (TPSA) is 71.4 Å². The van der Waals surface area contributed by atoms with E-state index in [9.17, 15) is 14.4 Å². The van der Waals surface area contributed by atoms with E-state index in [1.165, 1.54) is 0 Å². The number of rotatable bonds is 1. The molecule has 1 fully saturated rings. The third-order valence-electron chi connectivity index (χ3n) is 1.24. The number of carbonyl (C=O) groups excluding carboxylic acids is 2. The molecule has 4 heteroatoms. The fraction of sp³-hybridized carbons (Fsp3) is 0.400. The smallest absolute Gasteiger partial charge is 0.321 e. The molecule has 0 radical (unpaired) electrons. The highest BCUT2D eigenvalue weighted by atomic mass is 16.4.